The molecule has 3 aromatic rings. The first-order valence-corrected chi connectivity index (χ1v) is 11.1. The lowest BCUT2D eigenvalue weighted by atomic mass is 10.2. The quantitative estimate of drug-likeness (QED) is 0.197. The Morgan fingerprint density at radius 1 is 1.18 bits per heavy atom. The molecule has 0 radical (unpaired) electrons. The number of ether oxygens (including phenoxy) is 2. The standard InChI is InChI=1S/C22H18BrCl2N3O5/c1-2-31-22(30)19-20(25)17(33-21(19)27-15-5-3-4-14(24)10-15)11-26-28-18(29)12-32-16-8-6-13(23)7-9-16/h3-11,27H,2,12H2,1H3,(H,28,29)/b26-11-. The van der Waals surface area contributed by atoms with Gasteiger partial charge in [-0.25, -0.2) is 10.2 Å². The van der Waals surface area contributed by atoms with Crippen LogP contribution in [0.2, 0.25) is 10.0 Å². The van der Waals surface area contributed by atoms with Crippen molar-refractivity contribution in [3.8, 4) is 5.75 Å². The number of hydrazone groups is 1. The second-order valence-electron chi connectivity index (χ2n) is 6.38. The molecule has 0 aliphatic heterocycles. The van der Waals surface area contributed by atoms with Crippen LogP contribution in [-0.2, 0) is 9.53 Å². The Kier molecular flexibility index (Phi) is 8.76. The van der Waals surface area contributed by atoms with Gasteiger partial charge < -0.3 is 19.2 Å². The van der Waals surface area contributed by atoms with E-state index in [0.29, 0.717) is 16.5 Å². The first-order valence-electron chi connectivity index (χ1n) is 9.59. The lowest BCUT2D eigenvalue weighted by molar-refractivity contribution is -0.123. The SMILES string of the molecule is CCOC(=O)c1c(Nc2cccc(Cl)c2)oc(/C=N\NC(=O)COc2ccc(Br)cc2)c1Cl. The lowest BCUT2D eigenvalue weighted by Gasteiger charge is -2.06. The number of rotatable bonds is 9. The summed E-state index contributed by atoms with van der Waals surface area (Å²) >= 11 is 15.7. The Morgan fingerprint density at radius 2 is 1.94 bits per heavy atom. The summed E-state index contributed by atoms with van der Waals surface area (Å²) in [6.45, 7) is 1.57. The third kappa shape index (κ3) is 6.98. The zero-order chi connectivity index (χ0) is 23.8. The number of carbonyl (C=O) groups is 2. The van der Waals surface area contributed by atoms with E-state index in [4.69, 9.17) is 37.1 Å². The number of esters is 1. The van der Waals surface area contributed by atoms with Gasteiger partial charge in [0.25, 0.3) is 5.91 Å². The Hall–Kier alpha value is -3.01. The number of benzene rings is 2. The van der Waals surface area contributed by atoms with Gasteiger partial charge in [0, 0.05) is 15.2 Å². The summed E-state index contributed by atoms with van der Waals surface area (Å²) in [6, 6.07) is 13.8. The molecule has 0 saturated carbocycles. The fourth-order valence-electron chi connectivity index (χ4n) is 2.56. The number of carbonyl (C=O) groups excluding carboxylic acids is 2. The number of anilines is 2. The monoisotopic (exact) mass is 553 g/mol. The number of halogens is 3. The van der Waals surface area contributed by atoms with Crippen LogP contribution in [0.3, 0.4) is 0 Å². The van der Waals surface area contributed by atoms with Crippen molar-refractivity contribution >= 4 is 68.8 Å². The van der Waals surface area contributed by atoms with E-state index >= 15 is 0 Å². The number of hydrogen-bond acceptors (Lipinski definition) is 7. The maximum Gasteiger partial charge on any atom is 0.345 e. The zero-order valence-corrected chi connectivity index (χ0v) is 20.3. The Morgan fingerprint density at radius 3 is 2.64 bits per heavy atom. The normalized spacial score (nSPS) is 10.8. The first kappa shape index (κ1) is 24.6. The highest BCUT2D eigenvalue weighted by atomic mass is 79.9. The minimum Gasteiger partial charge on any atom is -0.484 e. The zero-order valence-electron chi connectivity index (χ0n) is 17.2. The van der Waals surface area contributed by atoms with E-state index in [0.717, 1.165) is 4.47 Å². The Labute approximate surface area is 208 Å². The highest BCUT2D eigenvalue weighted by molar-refractivity contribution is 9.10. The van der Waals surface area contributed by atoms with Crippen molar-refractivity contribution in [2.45, 2.75) is 6.92 Å². The molecule has 8 nitrogen and oxygen atoms in total. The molecule has 33 heavy (non-hydrogen) atoms. The molecule has 0 aliphatic rings. The van der Waals surface area contributed by atoms with Crippen LogP contribution in [0.5, 0.6) is 5.75 Å². The summed E-state index contributed by atoms with van der Waals surface area (Å²) in [5, 5.41) is 7.23. The van der Waals surface area contributed by atoms with Crippen molar-refractivity contribution in [1.82, 2.24) is 5.43 Å². The highest BCUT2D eigenvalue weighted by Gasteiger charge is 2.25. The van der Waals surface area contributed by atoms with E-state index in [1.54, 1.807) is 55.5 Å². The second kappa shape index (κ2) is 11.7. The topological polar surface area (TPSA) is 102 Å². The molecule has 2 N–H and O–H groups in total. The van der Waals surface area contributed by atoms with Crippen molar-refractivity contribution in [3.63, 3.8) is 0 Å². The van der Waals surface area contributed by atoms with Crippen LogP contribution in [-0.4, -0.2) is 31.3 Å². The third-order valence-corrected chi connectivity index (χ3v) is 5.13. The summed E-state index contributed by atoms with van der Waals surface area (Å²) < 4.78 is 17.0. The van der Waals surface area contributed by atoms with Gasteiger partial charge in [-0.05, 0) is 49.4 Å². The molecule has 0 fully saturated rings. The molecule has 1 heterocycles. The number of nitrogens with zero attached hydrogens (tertiary/aromatic N) is 1. The van der Waals surface area contributed by atoms with Gasteiger partial charge in [-0.15, -0.1) is 0 Å². The van der Waals surface area contributed by atoms with Crippen LogP contribution in [0.15, 0.2) is 62.5 Å². The van der Waals surface area contributed by atoms with Crippen LogP contribution >= 0.6 is 39.1 Å². The molecule has 0 saturated heterocycles. The van der Waals surface area contributed by atoms with Crippen LogP contribution in [0.25, 0.3) is 0 Å². The van der Waals surface area contributed by atoms with Gasteiger partial charge in [-0.3, -0.25) is 4.79 Å². The number of hydrogen-bond donors (Lipinski definition) is 2. The average Bonchev–Trinajstić information content (AvgIpc) is 3.08. The third-order valence-electron chi connectivity index (χ3n) is 3.99. The number of nitrogens with one attached hydrogen (secondary N) is 2. The van der Waals surface area contributed by atoms with Crippen molar-refractivity contribution < 1.29 is 23.5 Å². The molecule has 0 unspecified atom stereocenters. The minimum atomic E-state index is -0.678. The van der Waals surface area contributed by atoms with Crippen LogP contribution in [0, 0.1) is 0 Å². The van der Waals surface area contributed by atoms with Crippen molar-refractivity contribution in [3.05, 3.63) is 74.4 Å². The molecule has 0 atom stereocenters. The van der Waals surface area contributed by atoms with E-state index in [1.807, 2.05) is 0 Å². The fourth-order valence-corrected chi connectivity index (χ4v) is 3.26. The van der Waals surface area contributed by atoms with E-state index in [9.17, 15) is 9.59 Å². The Bertz CT molecular complexity index is 1170. The molecular weight excluding hydrogens is 537 g/mol. The fraction of sp³-hybridized carbons (Fsp3) is 0.136. The van der Waals surface area contributed by atoms with Gasteiger partial charge in [0.15, 0.2) is 12.4 Å². The molecule has 1 aromatic heterocycles. The van der Waals surface area contributed by atoms with Crippen LogP contribution < -0.4 is 15.5 Å². The van der Waals surface area contributed by atoms with Gasteiger partial charge in [-0.1, -0.05) is 45.2 Å². The molecule has 2 aromatic carbocycles. The molecule has 1 amide bonds. The molecule has 3 rings (SSSR count). The van der Waals surface area contributed by atoms with Gasteiger partial charge in [0.2, 0.25) is 5.88 Å². The molecule has 0 bridgehead atoms. The largest absolute Gasteiger partial charge is 0.484 e. The highest BCUT2D eigenvalue weighted by Crippen LogP contribution is 2.34. The smallest absolute Gasteiger partial charge is 0.345 e. The van der Waals surface area contributed by atoms with E-state index in [2.05, 4.69) is 31.8 Å². The summed E-state index contributed by atoms with van der Waals surface area (Å²) in [7, 11) is 0. The number of furan rings is 1. The summed E-state index contributed by atoms with van der Waals surface area (Å²) in [5.41, 5.74) is 2.86. The summed E-state index contributed by atoms with van der Waals surface area (Å²) in [5.74, 6) is -0.560. The van der Waals surface area contributed by atoms with Gasteiger partial charge in [-0.2, -0.15) is 5.10 Å². The van der Waals surface area contributed by atoms with Crippen LogP contribution in [0.1, 0.15) is 23.0 Å². The van der Waals surface area contributed by atoms with Crippen LogP contribution in [0.4, 0.5) is 11.6 Å². The van der Waals surface area contributed by atoms with Crippen molar-refractivity contribution in [1.29, 1.82) is 0 Å². The predicted octanol–water partition coefficient (Wildman–Crippen LogP) is 5.80. The van der Waals surface area contributed by atoms with Crippen molar-refractivity contribution in [2.24, 2.45) is 5.10 Å². The minimum absolute atomic E-state index is 0.00941. The molecule has 11 heteroatoms. The van der Waals surface area contributed by atoms with Crippen molar-refractivity contribution in [2.75, 3.05) is 18.5 Å². The Balaban J connectivity index is 1.70. The predicted molar refractivity (Wildman–Crippen MR) is 130 cm³/mol. The van der Waals surface area contributed by atoms with E-state index < -0.39 is 11.9 Å². The molecule has 0 spiro atoms. The van der Waals surface area contributed by atoms with E-state index in [-0.39, 0.29) is 35.4 Å². The molecule has 0 aliphatic carbocycles. The van der Waals surface area contributed by atoms with Gasteiger partial charge in [0.05, 0.1) is 12.8 Å². The maximum atomic E-state index is 12.4. The van der Waals surface area contributed by atoms with Gasteiger partial charge >= 0.3 is 5.97 Å². The summed E-state index contributed by atoms with van der Waals surface area (Å²) in [4.78, 5) is 24.4. The number of amides is 1. The summed E-state index contributed by atoms with van der Waals surface area (Å²) in [6.07, 6.45) is 1.17. The first-order chi connectivity index (χ1) is 15.9. The van der Waals surface area contributed by atoms with E-state index in [1.165, 1.54) is 6.21 Å². The lowest BCUT2D eigenvalue weighted by Crippen LogP contribution is -2.24. The van der Waals surface area contributed by atoms with Gasteiger partial charge in [0.1, 0.15) is 16.3 Å². The maximum absolute atomic E-state index is 12.4. The second-order valence-corrected chi connectivity index (χ2v) is 8.11. The molecule has 172 valence electrons. The average molecular weight is 555 g/mol. The molecular formula is C22H18BrCl2N3O5.